The molecule has 0 atom stereocenters. The van der Waals surface area contributed by atoms with E-state index in [4.69, 9.17) is 0 Å². The Balaban J connectivity index is 1.60. The van der Waals surface area contributed by atoms with Gasteiger partial charge in [0.1, 0.15) is 24.3 Å². The lowest BCUT2D eigenvalue weighted by Crippen LogP contribution is -2.31. The first-order valence-electron chi connectivity index (χ1n) is 7.67. The van der Waals surface area contributed by atoms with Crippen LogP contribution in [0.1, 0.15) is 12.0 Å². The summed E-state index contributed by atoms with van der Waals surface area (Å²) < 4.78 is 1.82. The van der Waals surface area contributed by atoms with Gasteiger partial charge in [-0.3, -0.25) is 9.36 Å². The van der Waals surface area contributed by atoms with Gasteiger partial charge in [-0.05, 0) is 30.2 Å². The second kappa shape index (κ2) is 5.77. The average Bonchev–Trinajstić information content (AvgIpc) is 3.13. The van der Waals surface area contributed by atoms with E-state index < -0.39 is 0 Å². The molecule has 24 heavy (non-hydrogen) atoms. The number of rotatable bonds is 3. The highest BCUT2D eigenvalue weighted by molar-refractivity contribution is 5.96. The zero-order chi connectivity index (χ0) is 16.5. The normalized spacial score (nSPS) is 13.7. The van der Waals surface area contributed by atoms with E-state index in [0.29, 0.717) is 12.2 Å². The van der Waals surface area contributed by atoms with Crippen molar-refractivity contribution in [2.24, 2.45) is 0 Å². The minimum absolute atomic E-state index is 0.156. The summed E-state index contributed by atoms with van der Waals surface area (Å²) in [5, 5.41) is 3.29. The van der Waals surface area contributed by atoms with Crippen LogP contribution in [-0.4, -0.2) is 32.5 Å². The quantitative estimate of drug-likeness (QED) is 0.801. The monoisotopic (exact) mass is 320 g/mol. The van der Waals surface area contributed by atoms with Crippen molar-refractivity contribution in [3.8, 4) is 5.82 Å². The fourth-order valence-corrected chi connectivity index (χ4v) is 2.83. The number of nitrogens with zero attached hydrogens (tertiary/aromatic N) is 5. The van der Waals surface area contributed by atoms with Crippen LogP contribution >= 0.6 is 0 Å². The Morgan fingerprint density at radius 3 is 2.92 bits per heavy atom. The lowest BCUT2D eigenvalue weighted by molar-refractivity contribution is -0.118. The van der Waals surface area contributed by atoms with Crippen LogP contribution in [0.25, 0.3) is 5.82 Å². The Morgan fingerprint density at radius 1 is 1.17 bits per heavy atom. The molecule has 0 unspecified atom stereocenters. The van der Waals surface area contributed by atoms with Crippen LogP contribution in [0.3, 0.4) is 0 Å². The standard InChI is InChI=1S/C17H16N6O/c1-22-14-4-3-13(8-12(14)2-5-17(22)24)21-15-9-16(20-10-19-15)23-7-6-18-11-23/h3-4,6-11H,2,5H2,1H3,(H,19,20,21). The molecule has 0 saturated heterocycles. The van der Waals surface area contributed by atoms with Gasteiger partial charge in [-0.25, -0.2) is 15.0 Å². The van der Waals surface area contributed by atoms with Gasteiger partial charge in [0.15, 0.2) is 0 Å². The van der Waals surface area contributed by atoms with Gasteiger partial charge in [-0.1, -0.05) is 0 Å². The third-order valence-electron chi connectivity index (χ3n) is 4.12. The zero-order valence-electron chi connectivity index (χ0n) is 13.2. The topological polar surface area (TPSA) is 75.9 Å². The SMILES string of the molecule is CN1C(=O)CCc2cc(Nc3cc(-n4ccnc4)ncn3)ccc21. The van der Waals surface area contributed by atoms with E-state index in [1.54, 1.807) is 17.4 Å². The predicted molar refractivity (Wildman–Crippen MR) is 90.6 cm³/mol. The van der Waals surface area contributed by atoms with Crippen LogP contribution in [0.5, 0.6) is 0 Å². The fourth-order valence-electron chi connectivity index (χ4n) is 2.83. The minimum Gasteiger partial charge on any atom is -0.340 e. The molecule has 0 radical (unpaired) electrons. The average molecular weight is 320 g/mol. The van der Waals surface area contributed by atoms with Crippen molar-refractivity contribution in [3.63, 3.8) is 0 Å². The maximum absolute atomic E-state index is 11.8. The molecule has 3 heterocycles. The molecule has 1 aliphatic rings. The summed E-state index contributed by atoms with van der Waals surface area (Å²) in [6.45, 7) is 0. The molecule has 1 aromatic carbocycles. The molecule has 1 aliphatic heterocycles. The van der Waals surface area contributed by atoms with E-state index in [2.05, 4.69) is 26.3 Å². The van der Waals surface area contributed by atoms with Gasteiger partial charge in [0.25, 0.3) is 0 Å². The molecule has 0 fully saturated rings. The van der Waals surface area contributed by atoms with Gasteiger partial charge in [0.05, 0.1) is 0 Å². The maximum atomic E-state index is 11.8. The molecule has 0 saturated carbocycles. The zero-order valence-corrected chi connectivity index (χ0v) is 13.2. The number of aromatic nitrogens is 4. The Labute approximate surface area is 139 Å². The summed E-state index contributed by atoms with van der Waals surface area (Å²) in [7, 11) is 1.81. The molecule has 0 spiro atoms. The molecule has 4 rings (SSSR count). The Bertz CT molecular complexity index is 890. The van der Waals surface area contributed by atoms with Crippen molar-refractivity contribution in [2.75, 3.05) is 17.3 Å². The number of carbonyl (C=O) groups is 1. The van der Waals surface area contributed by atoms with Crippen LogP contribution in [0.15, 0.2) is 49.3 Å². The molecule has 1 N–H and O–H groups in total. The van der Waals surface area contributed by atoms with E-state index >= 15 is 0 Å². The Morgan fingerprint density at radius 2 is 2.08 bits per heavy atom. The molecule has 2 aromatic heterocycles. The fraction of sp³-hybridized carbons (Fsp3) is 0.176. The van der Waals surface area contributed by atoms with E-state index in [0.717, 1.165) is 29.2 Å². The highest BCUT2D eigenvalue weighted by Gasteiger charge is 2.20. The smallest absolute Gasteiger partial charge is 0.227 e. The van der Waals surface area contributed by atoms with Crippen molar-refractivity contribution < 1.29 is 4.79 Å². The van der Waals surface area contributed by atoms with Gasteiger partial charge < -0.3 is 10.2 Å². The number of carbonyl (C=O) groups excluding carboxylic acids is 1. The second-order valence-corrected chi connectivity index (χ2v) is 5.65. The Hall–Kier alpha value is -3.22. The lowest BCUT2D eigenvalue weighted by atomic mass is 10.0. The predicted octanol–water partition coefficient (Wildman–Crippen LogP) is 2.31. The molecule has 3 aromatic rings. The highest BCUT2D eigenvalue weighted by Crippen LogP contribution is 2.30. The van der Waals surface area contributed by atoms with Crippen molar-refractivity contribution in [1.82, 2.24) is 19.5 Å². The van der Waals surface area contributed by atoms with Crippen LogP contribution in [0.4, 0.5) is 17.2 Å². The first-order valence-corrected chi connectivity index (χ1v) is 7.67. The van der Waals surface area contributed by atoms with Crippen molar-refractivity contribution >= 4 is 23.1 Å². The molecule has 1 amide bonds. The summed E-state index contributed by atoms with van der Waals surface area (Å²) in [5.74, 6) is 1.60. The van der Waals surface area contributed by atoms with Gasteiger partial charge in [0.2, 0.25) is 5.91 Å². The van der Waals surface area contributed by atoms with Crippen molar-refractivity contribution in [2.45, 2.75) is 12.8 Å². The van der Waals surface area contributed by atoms with Crippen molar-refractivity contribution in [3.05, 3.63) is 54.9 Å². The summed E-state index contributed by atoms with van der Waals surface area (Å²) in [4.78, 5) is 26.0. The van der Waals surface area contributed by atoms with Gasteiger partial charge in [0, 0.05) is 43.3 Å². The van der Waals surface area contributed by atoms with Gasteiger partial charge >= 0.3 is 0 Å². The van der Waals surface area contributed by atoms with E-state index in [9.17, 15) is 4.79 Å². The van der Waals surface area contributed by atoms with Crippen LogP contribution in [-0.2, 0) is 11.2 Å². The number of hydrogen-bond donors (Lipinski definition) is 1. The molecule has 0 bridgehead atoms. The van der Waals surface area contributed by atoms with Crippen LogP contribution in [0, 0.1) is 0 Å². The molecule has 7 heteroatoms. The van der Waals surface area contributed by atoms with E-state index in [1.807, 2.05) is 36.0 Å². The number of imidazole rings is 1. The van der Waals surface area contributed by atoms with Crippen molar-refractivity contribution in [1.29, 1.82) is 0 Å². The number of hydrogen-bond acceptors (Lipinski definition) is 5. The number of nitrogens with one attached hydrogen (secondary N) is 1. The largest absolute Gasteiger partial charge is 0.340 e. The molecule has 120 valence electrons. The Kier molecular flexibility index (Phi) is 3.45. The number of anilines is 3. The molecule has 7 nitrogen and oxygen atoms in total. The summed E-state index contributed by atoms with van der Waals surface area (Å²) in [5.41, 5.74) is 3.07. The van der Waals surface area contributed by atoms with Crippen LogP contribution < -0.4 is 10.2 Å². The third kappa shape index (κ3) is 2.60. The highest BCUT2D eigenvalue weighted by atomic mass is 16.2. The third-order valence-corrected chi connectivity index (χ3v) is 4.12. The summed E-state index contributed by atoms with van der Waals surface area (Å²) in [6, 6.07) is 7.84. The lowest BCUT2D eigenvalue weighted by Gasteiger charge is -2.26. The first-order chi connectivity index (χ1) is 11.7. The summed E-state index contributed by atoms with van der Waals surface area (Å²) >= 11 is 0. The van der Waals surface area contributed by atoms with Gasteiger partial charge in [-0.2, -0.15) is 0 Å². The second-order valence-electron chi connectivity index (χ2n) is 5.65. The molecular weight excluding hydrogens is 304 g/mol. The number of fused-ring (bicyclic) bond motifs is 1. The van der Waals surface area contributed by atoms with Gasteiger partial charge in [-0.15, -0.1) is 0 Å². The van der Waals surface area contributed by atoms with Crippen LogP contribution in [0.2, 0.25) is 0 Å². The minimum atomic E-state index is 0.156. The molecule has 0 aliphatic carbocycles. The number of amides is 1. The van der Waals surface area contributed by atoms with E-state index in [-0.39, 0.29) is 5.91 Å². The maximum Gasteiger partial charge on any atom is 0.227 e. The number of benzene rings is 1. The molecular formula is C17H16N6O. The number of aryl methyl sites for hydroxylation is 1. The first kappa shape index (κ1) is 14.4. The summed E-state index contributed by atoms with van der Waals surface area (Å²) in [6.07, 6.45) is 8.05. The van der Waals surface area contributed by atoms with E-state index in [1.165, 1.54) is 6.33 Å².